The Balaban J connectivity index is 1.56. The van der Waals surface area contributed by atoms with Gasteiger partial charge < -0.3 is 10.8 Å². The van der Waals surface area contributed by atoms with Gasteiger partial charge in [-0.2, -0.15) is 0 Å². The Hall–Kier alpha value is -2.37. The van der Waals surface area contributed by atoms with Gasteiger partial charge in [-0.1, -0.05) is 80.6 Å². The highest BCUT2D eigenvalue weighted by Gasteiger charge is 2.27. The van der Waals surface area contributed by atoms with E-state index in [9.17, 15) is 9.90 Å². The van der Waals surface area contributed by atoms with Gasteiger partial charge in [-0.3, -0.25) is 15.2 Å². The van der Waals surface area contributed by atoms with Gasteiger partial charge in [-0.05, 0) is 42.9 Å². The van der Waals surface area contributed by atoms with Gasteiger partial charge in [-0.25, -0.2) is 0 Å². The van der Waals surface area contributed by atoms with Gasteiger partial charge >= 0.3 is 0 Å². The number of para-hydroxylation sites is 1. The molecule has 0 aromatic heterocycles. The average Bonchev–Trinajstić information content (AvgIpc) is 2.79. The Morgan fingerprint density at radius 1 is 1.03 bits per heavy atom. The predicted molar refractivity (Wildman–Crippen MR) is 122 cm³/mol. The van der Waals surface area contributed by atoms with Crippen LogP contribution < -0.4 is 16.2 Å². The van der Waals surface area contributed by atoms with Gasteiger partial charge in [0.1, 0.15) is 6.10 Å². The van der Waals surface area contributed by atoms with Gasteiger partial charge in [0, 0.05) is 12.6 Å². The SMILES string of the molecule is N[C@H](CC1CCCCC1)C(O)C(=O)NN(CCCc1ccccc1)c1ccccc1. The molecule has 3 rings (SSSR count). The van der Waals surface area contributed by atoms with Crippen molar-refractivity contribution in [1.82, 2.24) is 5.43 Å². The maximum Gasteiger partial charge on any atom is 0.268 e. The normalized spacial score (nSPS) is 16.6. The number of amides is 1. The van der Waals surface area contributed by atoms with E-state index in [0.29, 0.717) is 18.9 Å². The number of carbonyl (C=O) groups excluding carboxylic acids is 1. The second-order valence-corrected chi connectivity index (χ2v) is 8.40. The first-order chi connectivity index (χ1) is 14.6. The fourth-order valence-electron chi connectivity index (χ4n) is 4.27. The van der Waals surface area contributed by atoms with Gasteiger partial charge in [0.15, 0.2) is 0 Å². The minimum Gasteiger partial charge on any atom is -0.382 e. The van der Waals surface area contributed by atoms with Crippen LogP contribution in [0, 0.1) is 5.92 Å². The molecule has 0 aliphatic heterocycles. The number of nitrogens with zero attached hydrogens (tertiary/aromatic N) is 1. The topological polar surface area (TPSA) is 78.6 Å². The molecule has 1 fully saturated rings. The molecule has 0 bridgehead atoms. The molecule has 1 saturated carbocycles. The average molecular weight is 410 g/mol. The molecule has 5 nitrogen and oxygen atoms in total. The molecule has 0 heterocycles. The number of benzene rings is 2. The van der Waals surface area contributed by atoms with Crippen LogP contribution in [0.15, 0.2) is 60.7 Å². The van der Waals surface area contributed by atoms with E-state index in [-0.39, 0.29) is 0 Å². The summed E-state index contributed by atoms with van der Waals surface area (Å²) in [6, 6.07) is 19.5. The number of aliphatic hydroxyl groups excluding tert-OH is 1. The molecule has 1 aliphatic carbocycles. The van der Waals surface area contributed by atoms with E-state index < -0.39 is 18.1 Å². The number of nitrogens with one attached hydrogen (secondary N) is 1. The van der Waals surface area contributed by atoms with E-state index in [0.717, 1.165) is 31.4 Å². The maximum atomic E-state index is 12.8. The van der Waals surface area contributed by atoms with Crippen LogP contribution in [0.5, 0.6) is 0 Å². The van der Waals surface area contributed by atoms with E-state index in [1.54, 1.807) is 0 Å². The lowest BCUT2D eigenvalue weighted by molar-refractivity contribution is -0.130. The lowest BCUT2D eigenvalue weighted by Crippen LogP contribution is -2.53. The molecular weight excluding hydrogens is 374 g/mol. The monoisotopic (exact) mass is 409 g/mol. The van der Waals surface area contributed by atoms with E-state index in [1.165, 1.54) is 24.8 Å². The van der Waals surface area contributed by atoms with E-state index >= 15 is 0 Å². The van der Waals surface area contributed by atoms with Crippen molar-refractivity contribution in [3.8, 4) is 0 Å². The molecule has 1 unspecified atom stereocenters. The first-order valence-electron chi connectivity index (χ1n) is 11.2. The second kappa shape index (κ2) is 11.7. The van der Waals surface area contributed by atoms with Crippen molar-refractivity contribution < 1.29 is 9.90 Å². The van der Waals surface area contributed by atoms with Crippen LogP contribution in [-0.4, -0.2) is 29.7 Å². The quantitative estimate of drug-likeness (QED) is 0.521. The van der Waals surface area contributed by atoms with E-state index in [2.05, 4.69) is 17.6 Å². The number of aryl methyl sites for hydroxylation is 1. The van der Waals surface area contributed by atoms with Gasteiger partial charge in [0.05, 0.1) is 5.69 Å². The summed E-state index contributed by atoms with van der Waals surface area (Å²) in [6.07, 6.45) is 7.33. The molecule has 1 aliphatic rings. The van der Waals surface area contributed by atoms with Crippen LogP contribution in [0.25, 0.3) is 0 Å². The molecule has 2 atom stereocenters. The Bertz CT molecular complexity index is 748. The van der Waals surface area contributed by atoms with Gasteiger partial charge in [-0.15, -0.1) is 0 Å². The zero-order chi connectivity index (χ0) is 21.2. The van der Waals surface area contributed by atoms with Crippen molar-refractivity contribution in [2.75, 3.05) is 11.6 Å². The minimum absolute atomic E-state index is 0.429. The molecule has 2 aromatic rings. The maximum absolute atomic E-state index is 12.8. The lowest BCUT2D eigenvalue weighted by atomic mass is 9.84. The summed E-state index contributed by atoms with van der Waals surface area (Å²) in [7, 11) is 0. The standard InChI is InChI=1S/C25H35N3O2/c26-23(19-21-13-6-2-7-14-21)24(29)25(30)27-28(22-16-8-3-9-17-22)18-10-15-20-11-4-1-5-12-20/h1,3-5,8-9,11-12,16-17,21,23-24,29H,2,6-7,10,13-15,18-19,26H2,(H,27,30)/t23-,24?/m1/s1. The lowest BCUT2D eigenvalue weighted by Gasteiger charge is -2.30. The molecule has 0 spiro atoms. The van der Waals surface area contributed by atoms with Crippen molar-refractivity contribution >= 4 is 11.6 Å². The van der Waals surface area contributed by atoms with Crippen LogP contribution in [-0.2, 0) is 11.2 Å². The number of hydrogen-bond acceptors (Lipinski definition) is 4. The largest absolute Gasteiger partial charge is 0.382 e. The number of rotatable bonds is 10. The molecular formula is C25H35N3O2. The molecule has 0 radical (unpaired) electrons. The van der Waals surface area contributed by atoms with Gasteiger partial charge in [0.25, 0.3) is 5.91 Å². The number of carbonyl (C=O) groups is 1. The zero-order valence-electron chi connectivity index (χ0n) is 17.7. The molecule has 4 N–H and O–H groups in total. The number of aliphatic hydroxyl groups is 1. The Morgan fingerprint density at radius 3 is 2.33 bits per heavy atom. The summed E-state index contributed by atoms with van der Waals surface area (Å²) in [4.78, 5) is 12.8. The molecule has 5 heteroatoms. The summed E-state index contributed by atoms with van der Waals surface area (Å²) >= 11 is 0. The molecule has 2 aromatic carbocycles. The van der Waals surface area contributed by atoms with Crippen LogP contribution >= 0.6 is 0 Å². The highest BCUT2D eigenvalue weighted by Crippen LogP contribution is 2.27. The fourth-order valence-corrected chi connectivity index (χ4v) is 4.27. The van der Waals surface area contributed by atoms with Crippen LogP contribution in [0.2, 0.25) is 0 Å². The van der Waals surface area contributed by atoms with Crippen LogP contribution in [0.1, 0.15) is 50.5 Å². The number of hydrazine groups is 1. The molecule has 0 saturated heterocycles. The summed E-state index contributed by atoms with van der Waals surface area (Å²) in [5.41, 5.74) is 11.3. The van der Waals surface area contributed by atoms with Crippen molar-refractivity contribution in [1.29, 1.82) is 0 Å². The van der Waals surface area contributed by atoms with Crippen molar-refractivity contribution in [2.24, 2.45) is 11.7 Å². The third-order valence-electron chi connectivity index (χ3n) is 6.01. The smallest absolute Gasteiger partial charge is 0.268 e. The number of hydrogen-bond donors (Lipinski definition) is 3. The highest BCUT2D eigenvalue weighted by molar-refractivity contribution is 5.82. The summed E-state index contributed by atoms with van der Waals surface area (Å²) in [6.45, 7) is 0.648. The number of anilines is 1. The summed E-state index contributed by atoms with van der Waals surface area (Å²) in [5.74, 6) is 0.0918. The predicted octanol–water partition coefficient (Wildman–Crippen LogP) is 3.82. The zero-order valence-corrected chi connectivity index (χ0v) is 17.7. The van der Waals surface area contributed by atoms with Crippen LogP contribution in [0.4, 0.5) is 5.69 Å². The third-order valence-corrected chi connectivity index (χ3v) is 6.01. The molecule has 30 heavy (non-hydrogen) atoms. The number of nitrogens with two attached hydrogens (primary N) is 1. The Morgan fingerprint density at radius 2 is 1.67 bits per heavy atom. The fraction of sp³-hybridized carbons (Fsp3) is 0.480. The van der Waals surface area contributed by atoms with E-state index in [4.69, 9.17) is 5.73 Å². The minimum atomic E-state index is -1.20. The summed E-state index contributed by atoms with van der Waals surface area (Å²) < 4.78 is 0. The van der Waals surface area contributed by atoms with Crippen molar-refractivity contribution in [3.63, 3.8) is 0 Å². The van der Waals surface area contributed by atoms with E-state index in [1.807, 2.05) is 53.5 Å². The van der Waals surface area contributed by atoms with Gasteiger partial charge in [0.2, 0.25) is 0 Å². The first kappa shape index (κ1) is 22.3. The molecule has 1 amide bonds. The second-order valence-electron chi connectivity index (χ2n) is 8.40. The Labute approximate surface area is 180 Å². The van der Waals surface area contributed by atoms with Crippen molar-refractivity contribution in [3.05, 3.63) is 66.2 Å². The summed E-state index contributed by atoms with van der Waals surface area (Å²) in [5, 5.41) is 12.4. The third kappa shape index (κ3) is 6.85. The highest BCUT2D eigenvalue weighted by atomic mass is 16.3. The first-order valence-corrected chi connectivity index (χ1v) is 11.2. The van der Waals surface area contributed by atoms with Crippen LogP contribution in [0.3, 0.4) is 0 Å². The van der Waals surface area contributed by atoms with Crippen molar-refractivity contribution in [2.45, 2.75) is 63.5 Å². The molecule has 162 valence electrons. The Kier molecular flexibility index (Phi) is 8.72.